The van der Waals surface area contributed by atoms with E-state index in [2.05, 4.69) is 15.0 Å². The zero-order valence-corrected chi connectivity index (χ0v) is 9.11. The van der Waals surface area contributed by atoms with Gasteiger partial charge in [-0.05, 0) is 12.1 Å². The minimum atomic E-state index is -0.978. The zero-order valence-electron chi connectivity index (χ0n) is 9.11. The van der Waals surface area contributed by atoms with Gasteiger partial charge in [0.05, 0.1) is 17.2 Å². The molecule has 0 fully saturated rings. The molecule has 0 aliphatic carbocycles. The SMILES string of the molecule is Nc1cc(F)c(F)cc1-c1nc2ccncc2[nH]1. The monoisotopic (exact) mass is 246 g/mol. The molecular formula is C12H8F2N4. The van der Waals surface area contributed by atoms with Crippen LogP contribution in [-0.4, -0.2) is 15.0 Å². The van der Waals surface area contributed by atoms with Crippen LogP contribution in [0.25, 0.3) is 22.4 Å². The number of nitrogens with one attached hydrogen (secondary N) is 1. The molecule has 0 bridgehead atoms. The normalized spacial score (nSPS) is 11.0. The second kappa shape index (κ2) is 3.76. The molecule has 6 heteroatoms. The average Bonchev–Trinajstić information content (AvgIpc) is 2.77. The van der Waals surface area contributed by atoms with Gasteiger partial charge in [-0.1, -0.05) is 0 Å². The van der Waals surface area contributed by atoms with Gasteiger partial charge in [0, 0.05) is 23.5 Å². The number of benzene rings is 1. The Morgan fingerprint density at radius 3 is 2.72 bits per heavy atom. The van der Waals surface area contributed by atoms with E-state index in [1.165, 1.54) is 0 Å². The first-order valence-electron chi connectivity index (χ1n) is 5.20. The van der Waals surface area contributed by atoms with Crippen molar-refractivity contribution in [3.8, 4) is 11.4 Å². The number of anilines is 1. The van der Waals surface area contributed by atoms with Crippen molar-refractivity contribution in [2.24, 2.45) is 0 Å². The number of hydrogen-bond acceptors (Lipinski definition) is 3. The standard InChI is InChI=1S/C12H8F2N4/c13-7-3-6(9(15)4-8(7)14)12-17-10-1-2-16-5-11(10)18-12/h1-5H,15H2,(H,17,18). The number of halogens is 2. The third kappa shape index (κ3) is 1.58. The van der Waals surface area contributed by atoms with Crippen LogP contribution in [0.5, 0.6) is 0 Å². The highest BCUT2D eigenvalue weighted by Crippen LogP contribution is 2.27. The quantitative estimate of drug-likeness (QED) is 0.648. The second-order valence-corrected chi connectivity index (χ2v) is 3.83. The molecule has 2 heterocycles. The van der Waals surface area contributed by atoms with Gasteiger partial charge in [-0.25, -0.2) is 13.8 Å². The topological polar surface area (TPSA) is 67.6 Å². The van der Waals surface area contributed by atoms with E-state index in [-0.39, 0.29) is 5.69 Å². The first kappa shape index (κ1) is 10.6. The van der Waals surface area contributed by atoms with E-state index in [1.807, 2.05) is 0 Å². The third-order valence-corrected chi connectivity index (χ3v) is 2.63. The molecule has 3 N–H and O–H groups in total. The number of nitrogens with zero attached hydrogens (tertiary/aromatic N) is 2. The van der Waals surface area contributed by atoms with E-state index in [0.717, 1.165) is 12.1 Å². The molecule has 0 atom stereocenters. The van der Waals surface area contributed by atoms with Crippen molar-refractivity contribution in [3.05, 3.63) is 42.2 Å². The van der Waals surface area contributed by atoms with Gasteiger partial charge in [-0.2, -0.15) is 0 Å². The van der Waals surface area contributed by atoms with Gasteiger partial charge in [-0.3, -0.25) is 4.98 Å². The number of rotatable bonds is 1. The summed E-state index contributed by atoms with van der Waals surface area (Å²) in [6.07, 6.45) is 3.20. The molecule has 0 saturated heterocycles. The number of aromatic nitrogens is 3. The molecule has 4 nitrogen and oxygen atoms in total. The van der Waals surface area contributed by atoms with Crippen LogP contribution in [0.1, 0.15) is 0 Å². The molecule has 18 heavy (non-hydrogen) atoms. The van der Waals surface area contributed by atoms with E-state index in [4.69, 9.17) is 5.73 Å². The molecular weight excluding hydrogens is 238 g/mol. The van der Waals surface area contributed by atoms with E-state index < -0.39 is 11.6 Å². The van der Waals surface area contributed by atoms with Gasteiger partial charge in [0.25, 0.3) is 0 Å². The van der Waals surface area contributed by atoms with Gasteiger partial charge in [0.15, 0.2) is 11.6 Å². The van der Waals surface area contributed by atoms with Crippen LogP contribution >= 0.6 is 0 Å². The third-order valence-electron chi connectivity index (χ3n) is 2.63. The Morgan fingerprint density at radius 1 is 1.17 bits per heavy atom. The predicted octanol–water partition coefficient (Wildman–Crippen LogP) is 2.49. The summed E-state index contributed by atoms with van der Waals surface area (Å²) in [6, 6.07) is 3.68. The maximum Gasteiger partial charge on any atom is 0.160 e. The van der Waals surface area contributed by atoms with Crippen LogP contribution in [0.3, 0.4) is 0 Å². The van der Waals surface area contributed by atoms with E-state index in [1.54, 1.807) is 18.5 Å². The minimum absolute atomic E-state index is 0.126. The van der Waals surface area contributed by atoms with E-state index in [9.17, 15) is 8.78 Å². The number of imidazole rings is 1. The van der Waals surface area contributed by atoms with Crippen molar-refractivity contribution in [2.75, 3.05) is 5.73 Å². The fourth-order valence-corrected chi connectivity index (χ4v) is 1.75. The second-order valence-electron chi connectivity index (χ2n) is 3.83. The smallest absolute Gasteiger partial charge is 0.160 e. The lowest BCUT2D eigenvalue weighted by molar-refractivity contribution is 0.509. The number of aromatic amines is 1. The lowest BCUT2D eigenvalue weighted by Gasteiger charge is -2.03. The Labute approximate surface area is 100 Å². The largest absolute Gasteiger partial charge is 0.398 e. The number of H-pyrrole nitrogens is 1. The van der Waals surface area contributed by atoms with Crippen molar-refractivity contribution in [1.82, 2.24) is 15.0 Å². The summed E-state index contributed by atoms with van der Waals surface area (Å²) in [5.41, 5.74) is 7.50. The summed E-state index contributed by atoms with van der Waals surface area (Å²) in [5, 5.41) is 0. The number of hydrogen-bond donors (Lipinski definition) is 2. The van der Waals surface area contributed by atoms with Gasteiger partial charge in [0.2, 0.25) is 0 Å². The van der Waals surface area contributed by atoms with Crippen LogP contribution < -0.4 is 5.73 Å². The van der Waals surface area contributed by atoms with Gasteiger partial charge < -0.3 is 10.7 Å². The van der Waals surface area contributed by atoms with E-state index in [0.29, 0.717) is 22.4 Å². The van der Waals surface area contributed by atoms with Crippen molar-refractivity contribution in [2.45, 2.75) is 0 Å². The molecule has 0 amide bonds. The molecule has 0 unspecified atom stereocenters. The molecule has 0 saturated carbocycles. The van der Waals surface area contributed by atoms with Crippen LogP contribution in [0.4, 0.5) is 14.5 Å². The van der Waals surface area contributed by atoms with Crippen molar-refractivity contribution < 1.29 is 8.78 Å². The fraction of sp³-hybridized carbons (Fsp3) is 0. The maximum absolute atomic E-state index is 13.2. The molecule has 0 aliphatic rings. The number of nitrogens with two attached hydrogens (primary N) is 1. The van der Waals surface area contributed by atoms with Gasteiger partial charge in [-0.15, -0.1) is 0 Å². The Hall–Kier alpha value is -2.50. The van der Waals surface area contributed by atoms with Crippen molar-refractivity contribution >= 4 is 16.7 Å². The van der Waals surface area contributed by atoms with Crippen molar-refractivity contribution in [3.63, 3.8) is 0 Å². The summed E-state index contributed by atoms with van der Waals surface area (Å²) in [6.45, 7) is 0. The first-order valence-corrected chi connectivity index (χ1v) is 5.20. The molecule has 0 aliphatic heterocycles. The van der Waals surface area contributed by atoms with Gasteiger partial charge >= 0.3 is 0 Å². The number of fused-ring (bicyclic) bond motifs is 1. The van der Waals surface area contributed by atoms with Gasteiger partial charge in [0.1, 0.15) is 5.82 Å². The van der Waals surface area contributed by atoms with Crippen LogP contribution in [-0.2, 0) is 0 Å². The average molecular weight is 246 g/mol. The summed E-state index contributed by atoms with van der Waals surface area (Å²) in [5.74, 6) is -1.55. The van der Waals surface area contributed by atoms with Crippen molar-refractivity contribution in [1.29, 1.82) is 0 Å². The molecule has 3 rings (SSSR count). The summed E-state index contributed by atoms with van der Waals surface area (Å²) in [4.78, 5) is 11.1. The lowest BCUT2D eigenvalue weighted by atomic mass is 10.1. The maximum atomic E-state index is 13.2. The first-order chi connectivity index (χ1) is 8.65. The molecule has 3 aromatic rings. The molecule has 0 spiro atoms. The number of pyridine rings is 1. The highest BCUT2D eigenvalue weighted by Gasteiger charge is 2.12. The van der Waals surface area contributed by atoms with E-state index >= 15 is 0 Å². The molecule has 1 aromatic carbocycles. The predicted molar refractivity (Wildman–Crippen MR) is 63.7 cm³/mol. The summed E-state index contributed by atoms with van der Waals surface area (Å²) >= 11 is 0. The Kier molecular flexibility index (Phi) is 2.22. The van der Waals surface area contributed by atoms with Crippen LogP contribution in [0.2, 0.25) is 0 Å². The zero-order chi connectivity index (χ0) is 12.7. The lowest BCUT2D eigenvalue weighted by Crippen LogP contribution is -1.95. The minimum Gasteiger partial charge on any atom is -0.398 e. The summed E-state index contributed by atoms with van der Waals surface area (Å²) < 4.78 is 26.2. The molecule has 0 radical (unpaired) electrons. The highest BCUT2D eigenvalue weighted by molar-refractivity contribution is 5.81. The Morgan fingerprint density at radius 2 is 1.94 bits per heavy atom. The van der Waals surface area contributed by atoms with Crippen LogP contribution in [0, 0.1) is 11.6 Å². The Balaban J connectivity index is 2.22. The Bertz CT molecular complexity index is 703. The number of nitrogen functional groups attached to an aromatic ring is 1. The fourth-order valence-electron chi connectivity index (χ4n) is 1.75. The summed E-state index contributed by atoms with van der Waals surface area (Å²) in [7, 11) is 0. The molecule has 90 valence electrons. The van der Waals surface area contributed by atoms with Crippen LogP contribution in [0.15, 0.2) is 30.6 Å². The molecule has 2 aromatic heterocycles. The highest BCUT2D eigenvalue weighted by atomic mass is 19.2.